The highest BCUT2D eigenvalue weighted by molar-refractivity contribution is 5.95. The number of carbonyl (C=O) groups is 2. The van der Waals surface area contributed by atoms with Crippen LogP contribution in [0.25, 0.3) is 0 Å². The van der Waals surface area contributed by atoms with Crippen LogP contribution in [0, 0.1) is 11.8 Å². The summed E-state index contributed by atoms with van der Waals surface area (Å²) in [7, 11) is 1.32. The summed E-state index contributed by atoms with van der Waals surface area (Å²) < 4.78 is 4.59. The monoisotopic (exact) mass is 223 g/mol. The summed E-state index contributed by atoms with van der Waals surface area (Å²) in [6.07, 6.45) is 4.12. The Hall–Kier alpha value is -1.50. The van der Waals surface area contributed by atoms with Crippen LogP contribution in [0.4, 0.5) is 0 Å². The fraction of sp³-hybridized carbons (Fsp3) is 0.667. The van der Waals surface area contributed by atoms with E-state index in [1.807, 2.05) is 0 Å². The second-order valence-corrected chi connectivity index (χ2v) is 3.82. The highest BCUT2D eigenvalue weighted by Crippen LogP contribution is 2.23. The summed E-state index contributed by atoms with van der Waals surface area (Å²) in [5.74, 6) is 4.38. The Labute approximate surface area is 95.9 Å². The zero-order valence-electron chi connectivity index (χ0n) is 9.78. The van der Waals surface area contributed by atoms with E-state index in [0.717, 1.165) is 25.7 Å². The van der Waals surface area contributed by atoms with E-state index in [2.05, 4.69) is 16.6 Å². The molecule has 1 saturated carbocycles. The molecule has 0 radical (unpaired) electrons. The Balaban J connectivity index is 2.69. The van der Waals surface area contributed by atoms with Crippen LogP contribution >= 0.6 is 0 Å². The largest absolute Gasteiger partial charge is 0.468 e. The van der Waals surface area contributed by atoms with Crippen LogP contribution in [0.5, 0.6) is 0 Å². The quantitative estimate of drug-likeness (QED) is 0.528. The van der Waals surface area contributed by atoms with Gasteiger partial charge in [-0.2, -0.15) is 0 Å². The summed E-state index contributed by atoms with van der Waals surface area (Å²) in [4.78, 5) is 24.5. The Morgan fingerprint density at radius 3 is 2.50 bits per heavy atom. The molecule has 0 atom stereocenters. The van der Waals surface area contributed by atoms with Gasteiger partial charge in [-0.15, -0.1) is 0 Å². The average Bonchev–Trinajstić information content (AvgIpc) is 2.78. The first kappa shape index (κ1) is 12.6. The molecule has 0 heterocycles. The van der Waals surface area contributed by atoms with E-state index in [-0.39, 0.29) is 18.5 Å². The number of ether oxygens (including phenoxy) is 1. The van der Waals surface area contributed by atoms with Gasteiger partial charge in [-0.05, 0) is 25.7 Å². The fourth-order valence-corrected chi connectivity index (χ4v) is 1.97. The minimum absolute atomic E-state index is 0.00861. The maximum Gasteiger partial charge on any atom is 0.325 e. The summed E-state index contributed by atoms with van der Waals surface area (Å²) in [5.41, 5.74) is 0. The first-order valence-electron chi connectivity index (χ1n) is 5.49. The van der Waals surface area contributed by atoms with Crippen molar-refractivity contribution in [3.05, 3.63) is 0 Å². The number of rotatable bonds is 3. The third-order valence-corrected chi connectivity index (χ3v) is 2.79. The van der Waals surface area contributed by atoms with Gasteiger partial charge in [0.1, 0.15) is 6.54 Å². The second-order valence-electron chi connectivity index (χ2n) is 3.82. The molecule has 1 fully saturated rings. The Kier molecular flexibility index (Phi) is 4.84. The van der Waals surface area contributed by atoms with Gasteiger partial charge >= 0.3 is 5.97 Å². The van der Waals surface area contributed by atoms with Crippen molar-refractivity contribution < 1.29 is 14.3 Å². The van der Waals surface area contributed by atoms with Gasteiger partial charge in [0.15, 0.2) is 0 Å². The lowest BCUT2D eigenvalue weighted by Gasteiger charge is -2.25. The Morgan fingerprint density at radius 2 is 2.00 bits per heavy atom. The van der Waals surface area contributed by atoms with Gasteiger partial charge < -0.3 is 9.64 Å². The average molecular weight is 223 g/mol. The number of carbonyl (C=O) groups excluding carboxylic acids is 2. The van der Waals surface area contributed by atoms with Crippen LogP contribution in [0.2, 0.25) is 0 Å². The van der Waals surface area contributed by atoms with E-state index in [4.69, 9.17) is 0 Å². The molecule has 1 amide bonds. The molecule has 1 rings (SSSR count). The molecular formula is C12H17NO3. The van der Waals surface area contributed by atoms with Gasteiger partial charge in [-0.1, -0.05) is 18.8 Å². The van der Waals surface area contributed by atoms with Crippen molar-refractivity contribution in [1.82, 2.24) is 4.90 Å². The molecule has 0 spiro atoms. The third kappa shape index (κ3) is 3.27. The molecule has 1 aliphatic rings. The lowest BCUT2D eigenvalue weighted by molar-refractivity contribution is -0.146. The smallest absolute Gasteiger partial charge is 0.325 e. The van der Waals surface area contributed by atoms with Crippen molar-refractivity contribution in [3.8, 4) is 11.8 Å². The van der Waals surface area contributed by atoms with Crippen molar-refractivity contribution in [2.45, 2.75) is 38.6 Å². The van der Waals surface area contributed by atoms with Crippen molar-refractivity contribution in [3.63, 3.8) is 0 Å². The number of esters is 1. The topological polar surface area (TPSA) is 46.6 Å². The highest BCUT2D eigenvalue weighted by Gasteiger charge is 2.27. The summed E-state index contributed by atoms with van der Waals surface area (Å²) >= 11 is 0. The molecule has 0 saturated heterocycles. The van der Waals surface area contributed by atoms with Crippen molar-refractivity contribution in [2.75, 3.05) is 13.7 Å². The predicted molar refractivity (Wildman–Crippen MR) is 59.4 cm³/mol. The van der Waals surface area contributed by atoms with E-state index < -0.39 is 5.97 Å². The van der Waals surface area contributed by atoms with Crippen molar-refractivity contribution in [1.29, 1.82) is 0 Å². The van der Waals surface area contributed by atoms with Gasteiger partial charge in [0.2, 0.25) is 0 Å². The van der Waals surface area contributed by atoms with Crippen LogP contribution in [0.1, 0.15) is 32.6 Å². The van der Waals surface area contributed by atoms with E-state index in [1.54, 1.807) is 6.92 Å². The predicted octanol–water partition coefficient (Wildman–Crippen LogP) is 0.954. The number of hydrogen-bond acceptors (Lipinski definition) is 3. The van der Waals surface area contributed by atoms with Crippen LogP contribution in [-0.2, 0) is 14.3 Å². The lowest BCUT2D eigenvalue weighted by atomic mass is 10.2. The molecule has 88 valence electrons. The zero-order chi connectivity index (χ0) is 12.0. The molecular weight excluding hydrogens is 206 g/mol. The van der Waals surface area contributed by atoms with Crippen LogP contribution in [0.3, 0.4) is 0 Å². The molecule has 0 unspecified atom stereocenters. The molecule has 4 nitrogen and oxygen atoms in total. The van der Waals surface area contributed by atoms with E-state index >= 15 is 0 Å². The highest BCUT2D eigenvalue weighted by atomic mass is 16.5. The Morgan fingerprint density at radius 1 is 1.38 bits per heavy atom. The van der Waals surface area contributed by atoms with Gasteiger partial charge in [0.05, 0.1) is 7.11 Å². The van der Waals surface area contributed by atoms with Gasteiger partial charge in [0.25, 0.3) is 5.91 Å². The molecule has 16 heavy (non-hydrogen) atoms. The summed E-state index contributed by atoms with van der Waals surface area (Å²) in [5, 5.41) is 0. The third-order valence-electron chi connectivity index (χ3n) is 2.79. The molecule has 1 aliphatic carbocycles. The van der Waals surface area contributed by atoms with Crippen molar-refractivity contribution in [2.24, 2.45) is 0 Å². The number of methoxy groups -OCH3 is 1. The molecule has 0 aliphatic heterocycles. The molecule has 4 heteroatoms. The van der Waals surface area contributed by atoms with E-state index in [9.17, 15) is 9.59 Å². The maximum absolute atomic E-state index is 11.7. The summed E-state index contributed by atoms with van der Waals surface area (Å²) in [6.45, 7) is 1.62. The van der Waals surface area contributed by atoms with Crippen LogP contribution in [-0.4, -0.2) is 36.5 Å². The first-order chi connectivity index (χ1) is 7.69. The van der Waals surface area contributed by atoms with E-state index in [0.29, 0.717) is 0 Å². The molecule has 0 aromatic heterocycles. The zero-order valence-corrected chi connectivity index (χ0v) is 9.78. The molecule has 0 aromatic carbocycles. The van der Waals surface area contributed by atoms with Crippen molar-refractivity contribution >= 4 is 11.9 Å². The van der Waals surface area contributed by atoms with Crippen LogP contribution < -0.4 is 0 Å². The first-order valence-corrected chi connectivity index (χ1v) is 5.49. The van der Waals surface area contributed by atoms with Crippen LogP contribution in [0.15, 0.2) is 0 Å². The Bertz CT molecular complexity index is 321. The number of nitrogens with zero attached hydrogens (tertiary/aromatic N) is 1. The second kappa shape index (κ2) is 6.16. The standard InChI is InChI=1S/C12H17NO3/c1-3-6-11(14)13(9-12(15)16-2)10-7-4-5-8-10/h10H,4-5,7-9H2,1-2H3. The van der Waals surface area contributed by atoms with Gasteiger partial charge in [0, 0.05) is 6.04 Å². The number of hydrogen-bond donors (Lipinski definition) is 0. The van der Waals surface area contributed by atoms with Gasteiger partial charge in [-0.25, -0.2) is 0 Å². The number of amides is 1. The fourth-order valence-electron chi connectivity index (χ4n) is 1.97. The molecule has 0 bridgehead atoms. The van der Waals surface area contributed by atoms with E-state index in [1.165, 1.54) is 12.0 Å². The lowest BCUT2D eigenvalue weighted by Crippen LogP contribution is -2.42. The molecule has 0 aromatic rings. The maximum atomic E-state index is 11.7. The normalized spacial score (nSPS) is 15.1. The SMILES string of the molecule is CC#CC(=O)N(CC(=O)OC)C1CCCC1. The minimum atomic E-state index is -0.391. The minimum Gasteiger partial charge on any atom is -0.468 e. The van der Waals surface area contributed by atoms with Gasteiger partial charge in [-0.3, -0.25) is 9.59 Å². The molecule has 0 N–H and O–H groups in total. The summed E-state index contributed by atoms with van der Waals surface area (Å²) in [6, 6.07) is 0.146.